The number of anilines is 1. The van der Waals surface area contributed by atoms with Crippen LogP contribution < -0.4 is 4.90 Å². The van der Waals surface area contributed by atoms with Crippen LogP contribution in [0.5, 0.6) is 0 Å². The summed E-state index contributed by atoms with van der Waals surface area (Å²) >= 11 is 0. The van der Waals surface area contributed by atoms with Crippen molar-refractivity contribution in [1.82, 2.24) is 0 Å². The summed E-state index contributed by atoms with van der Waals surface area (Å²) in [6, 6.07) is 23.4. The van der Waals surface area contributed by atoms with Crippen molar-refractivity contribution < 1.29 is 0 Å². The largest absolute Gasteiger partial charge is 0.355 e. The van der Waals surface area contributed by atoms with Gasteiger partial charge in [0.05, 0.1) is 17.6 Å². The van der Waals surface area contributed by atoms with Gasteiger partial charge in [0.15, 0.2) is 5.54 Å². The third-order valence-electron chi connectivity index (χ3n) is 6.24. The Kier molecular flexibility index (Phi) is 5.30. The van der Waals surface area contributed by atoms with Gasteiger partial charge in [-0.2, -0.15) is 10.5 Å². The molecule has 0 N–H and O–H groups in total. The van der Waals surface area contributed by atoms with E-state index in [2.05, 4.69) is 42.5 Å². The van der Waals surface area contributed by atoms with Crippen LogP contribution in [0.2, 0.25) is 0 Å². The fourth-order valence-corrected chi connectivity index (χ4v) is 4.83. The van der Waals surface area contributed by atoms with Crippen molar-refractivity contribution in [2.75, 3.05) is 11.9 Å². The van der Waals surface area contributed by atoms with Gasteiger partial charge in [0.1, 0.15) is 0 Å². The summed E-state index contributed by atoms with van der Waals surface area (Å²) in [6.07, 6.45) is 5.15. The van der Waals surface area contributed by atoms with Gasteiger partial charge in [-0.1, -0.05) is 54.6 Å². The number of likely N-dealkylation sites (N-methyl/N-ethyl adjacent to an activating group) is 1. The Morgan fingerprint density at radius 3 is 2.25 bits per heavy atom. The van der Waals surface area contributed by atoms with Crippen LogP contribution in [-0.4, -0.2) is 12.6 Å². The van der Waals surface area contributed by atoms with Crippen LogP contribution in [0.15, 0.2) is 66.7 Å². The van der Waals surface area contributed by atoms with E-state index < -0.39 is 11.0 Å². The van der Waals surface area contributed by atoms with Crippen LogP contribution in [0.1, 0.15) is 37.8 Å². The van der Waals surface area contributed by atoms with Crippen molar-refractivity contribution in [2.24, 2.45) is 11.3 Å². The topological polar surface area (TPSA) is 50.8 Å². The van der Waals surface area contributed by atoms with E-state index in [1.54, 1.807) is 0 Å². The number of nitriles is 2. The number of rotatable bonds is 5. The smallest absolute Gasteiger partial charge is 0.153 e. The average molecular weight is 370 g/mol. The first kappa shape index (κ1) is 19.7. The maximum absolute atomic E-state index is 10.7. The van der Waals surface area contributed by atoms with Gasteiger partial charge in [-0.3, -0.25) is 0 Å². The lowest BCUT2D eigenvalue weighted by molar-refractivity contribution is 0.221. The Bertz CT molecular complexity index is 946. The monoisotopic (exact) mass is 369 g/mol. The predicted molar refractivity (Wildman–Crippen MR) is 114 cm³/mol. The summed E-state index contributed by atoms with van der Waals surface area (Å²) in [4.78, 5) is 2.03. The van der Waals surface area contributed by atoms with Crippen molar-refractivity contribution >= 4 is 5.69 Å². The van der Waals surface area contributed by atoms with Crippen LogP contribution >= 0.6 is 0 Å². The highest BCUT2D eigenvalue weighted by Gasteiger charge is 2.59. The molecule has 3 atom stereocenters. The summed E-state index contributed by atoms with van der Waals surface area (Å²) < 4.78 is 0. The molecular weight excluding hydrogens is 342 g/mol. The molecule has 0 radical (unpaired) electrons. The van der Waals surface area contributed by atoms with Gasteiger partial charge in [0.2, 0.25) is 0 Å². The maximum Gasteiger partial charge on any atom is 0.153 e. The zero-order valence-electron chi connectivity index (χ0n) is 17.1. The number of nitrogens with zero attached hydrogens (tertiary/aromatic N) is 3. The Balaban J connectivity index is 2.30. The summed E-state index contributed by atoms with van der Waals surface area (Å²) in [5.74, 6) is 0.0607. The second-order valence-corrected chi connectivity index (χ2v) is 8.08. The van der Waals surface area contributed by atoms with E-state index in [-0.39, 0.29) is 11.8 Å². The molecule has 3 nitrogen and oxygen atoms in total. The molecular formula is C25H27N3. The molecule has 0 bridgehead atoms. The highest BCUT2D eigenvalue weighted by atomic mass is 15.2. The number of fused-ring (bicyclic) bond motifs is 1. The second kappa shape index (κ2) is 7.53. The molecule has 3 heteroatoms. The number of allylic oxidation sites excluding steroid dienone is 2. The number of para-hydroxylation sites is 1. The van der Waals surface area contributed by atoms with Gasteiger partial charge in [-0.15, -0.1) is 0 Å². The summed E-state index contributed by atoms with van der Waals surface area (Å²) in [6.45, 7) is 5.80. The van der Waals surface area contributed by atoms with E-state index in [1.807, 2.05) is 69.1 Å². The van der Waals surface area contributed by atoms with Gasteiger partial charge in [0, 0.05) is 18.7 Å². The summed E-state index contributed by atoms with van der Waals surface area (Å²) in [5.41, 5.74) is 1.47. The van der Waals surface area contributed by atoms with Gasteiger partial charge >= 0.3 is 0 Å². The first-order valence-electron chi connectivity index (χ1n) is 9.75. The second-order valence-electron chi connectivity index (χ2n) is 8.08. The van der Waals surface area contributed by atoms with E-state index in [0.29, 0.717) is 0 Å². The van der Waals surface area contributed by atoms with Crippen molar-refractivity contribution in [3.63, 3.8) is 0 Å². The lowest BCUT2D eigenvalue weighted by atomic mass is 9.61. The Labute approximate surface area is 168 Å². The zero-order chi connectivity index (χ0) is 20.4. The third-order valence-corrected chi connectivity index (χ3v) is 6.24. The summed E-state index contributed by atoms with van der Waals surface area (Å²) in [7, 11) is 1.95. The van der Waals surface area contributed by atoms with E-state index in [4.69, 9.17) is 0 Å². The zero-order valence-corrected chi connectivity index (χ0v) is 17.1. The molecule has 0 heterocycles. The lowest BCUT2D eigenvalue weighted by Crippen LogP contribution is -2.60. The van der Waals surface area contributed by atoms with Crippen molar-refractivity contribution in [3.05, 3.63) is 77.9 Å². The van der Waals surface area contributed by atoms with Crippen LogP contribution in [0.4, 0.5) is 5.69 Å². The molecule has 2 aromatic carbocycles. The lowest BCUT2D eigenvalue weighted by Gasteiger charge is -2.50. The van der Waals surface area contributed by atoms with E-state index in [9.17, 15) is 10.5 Å². The maximum atomic E-state index is 10.7. The molecule has 0 spiro atoms. The third kappa shape index (κ3) is 2.88. The van der Waals surface area contributed by atoms with Crippen molar-refractivity contribution in [1.29, 1.82) is 10.5 Å². The van der Waals surface area contributed by atoms with E-state index in [1.165, 1.54) is 11.1 Å². The van der Waals surface area contributed by atoms with Gasteiger partial charge in [-0.05, 0) is 56.4 Å². The molecule has 0 amide bonds. The summed E-state index contributed by atoms with van der Waals surface area (Å²) in [5, 5.41) is 20.8. The molecule has 0 saturated carbocycles. The Morgan fingerprint density at radius 1 is 1.00 bits per heavy atom. The average Bonchev–Trinajstić information content (AvgIpc) is 3.08. The number of hydrogen-bond acceptors (Lipinski definition) is 3. The predicted octanol–water partition coefficient (Wildman–Crippen LogP) is 5.47. The minimum Gasteiger partial charge on any atom is -0.355 e. The minimum absolute atomic E-state index is 0.107. The van der Waals surface area contributed by atoms with E-state index in [0.717, 1.165) is 12.1 Å². The van der Waals surface area contributed by atoms with Crippen molar-refractivity contribution in [2.45, 2.75) is 38.6 Å². The molecule has 3 rings (SSSR count). The number of hydrogen-bond donors (Lipinski definition) is 0. The quantitative estimate of drug-likeness (QED) is 0.657. The van der Waals surface area contributed by atoms with E-state index >= 15 is 0 Å². The molecule has 28 heavy (non-hydrogen) atoms. The fourth-order valence-electron chi connectivity index (χ4n) is 4.83. The molecule has 0 unspecified atom stereocenters. The molecule has 142 valence electrons. The normalized spacial score (nSPS) is 20.8. The first-order chi connectivity index (χ1) is 13.4. The number of benzene rings is 2. The molecule has 0 aliphatic heterocycles. The highest BCUT2D eigenvalue weighted by Crippen LogP contribution is 2.54. The highest BCUT2D eigenvalue weighted by molar-refractivity contribution is 5.57. The van der Waals surface area contributed by atoms with Gasteiger partial charge in [-0.25, -0.2) is 0 Å². The van der Waals surface area contributed by atoms with Gasteiger partial charge < -0.3 is 4.90 Å². The minimum atomic E-state index is -1.03. The van der Waals surface area contributed by atoms with Crippen LogP contribution in [-0.2, 0) is 6.42 Å². The van der Waals surface area contributed by atoms with Gasteiger partial charge in [0.25, 0.3) is 0 Å². The first-order valence-corrected chi connectivity index (χ1v) is 9.75. The Morgan fingerprint density at radius 2 is 1.64 bits per heavy atom. The molecule has 0 saturated heterocycles. The van der Waals surface area contributed by atoms with Crippen LogP contribution in [0.25, 0.3) is 0 Å². The van der Waals surface area contributed by atoms with Crippen molar-refractivity contribution in [3.8, 4) is 12.1 Å². The molecule has 0 fully saturated rings. The van der Waals surface area contributed by atoms with Crippen LogP contribution in [0.3, 0.4) is 0 Å². The molecule has 2 aromatic rings. The molecule has 0 aromatic heterocycles. The molecule has 1 aliphatic rings. The standard InChI is InChI=1S/C25H27N3/c1-5-11-20-16-19-12-9-10-15-22(19)23(20)25(18-27,24(2,3)17-26)28(4)21-13-7-6-8-14-21/h5-15,20,23H,16H2,1-4H3/b11-5+/t20-,23+,25+/m1/s1. The SMILES string of the molecule is C/C=C/[C@@H]1Cc2ccccc2[C@H]1[C@](C#N)(N(C)c1ccccc1)C(C)(C)C#N. The fraction of sp³-hybridized carbons (Fsp3) is 0.360. The molecule has 1 aliphatic carbocycles. The Hall–Kier alpha value is -3.04. The van der Waals surface area contributed by atoms with Crippen LogP contribution in [0, 0.1) is 34.0 Å².